The molecule has 0 aromatic carbocycles. The van der Waals surface area contributed by atoms with Gasteiger partial charge in [0.05, 0.1) is 0 Å². The van der Waals surface area contributed by atoms with Crippen molar-refractivity contribution in [3.05, 3.63) is 27.0 Å². The topological polar surface area (TPSA) is 90.2 Å². The minimum atomic E-state index is -3.87. The molecule has 0 bridgehead atoms. The molecule has 1 heterocycles. The van der Waals surface area contributed by atoms with E-state index in [9.17, 15) is 18.0 Å². The number of rotatable bonds is 5. The molecule has 0 aliphatic heterocycles. The van der Waals surface area contributed by atoms with Gasteiger partial charge >= 0.3 is 5.69 Å². The Kier molecular flexibility index (Phi) is 5.10. The van der Waals surface area contributed by atoms with Gasteiger partial charge < -0.3 is 4.57 Å². The molecule has 1 N–H and O–H groups in total. The van der Waals surface area contributed by atoms with E-state index in [1.165, 1.54) is 14.1 Å². The van der Waals surface area contributed by atoms with Crippen LogP contribution in [0.1, 0.15) is 6.42 Å². The second-order valence-corrected chi connectivity index (χ2v) is 6.51. The summed E-state index contributed by atoms with van der Waals surface area (Å²) in [6, 6.07) is 0. The second-order valence-electron chi connectivity index (χ2n) is 3.69. The molecular weight excluding hydrogens is 373 g/mol. The molecule has 0 saturated carbocycles. The maximum atomic E-state index is 11.9. The largest absolute Gasteiger partial charge is 0.330 e. The molecule has 0 saturated heterocycles. The van der Waals surface area contributed by atoms with E-state index in [4.69, 9.17) is 0 Å². The molecule has 0 aliphatic carbocycles. The van der Waals surface area contributed by atoms with Gasteiger partial charge in [0.15, 0.2) is 4.90 Å². The summed E-state index contributed by atoms with van der Waals surface area (Å²) in [5.41, 5.74) is -1.38. The van der Waals surface area contributed by atoms with Crippen LogP contribution in [-0.2, 0) is 24.1 Å². The Morgan fingerprint density at radius 1 is 1.33 bits per heavy atom. The van der Waals surface area contributed by atoms with E-state index in [1.807, 2.05) is 0 Å². The highest BCUT2D eigenvalue weighted by Gasteiger charge is 2.20. The van der Waals surface area contributed by atoms with Gasteiger partial charge in [0, 0.05) is 31.3 Å². The van der Waals surface area contributed by atoms with Crippen molar-refractivity contribution in [3.63, 3.8) is 0 Å². The summed E-state index contributed by atoms with van der Waals surface area (Å²) >= 11 is 2.13. The van der Waals surface area contributed by atoms with Crippen molar-refractivity contribution in [2.75, 3.05) is 11.0 Å². The normalized spacial score (nSPS) is 11.7. The molecule has 0 amide bonds. The summed E-state index contributed by atoms with van der Waals surface area (Å²) in [6.45, 7) is 0.261. The number of sulfonamides is 1. The minimum Gasteiger partial charge on any atom is -0.302 e. The quantitative estimate of drug-likeness (QED) is 0.407. The number of halogens is 1. The van der Waals surface area contributed by atoms with Crippen LogP contribution in [0.15, 0.2) is 20.7 Å². The van der Waals surface area contributed by atoms with Gasteiger partial charge in [0.1, 0.15) is 0 Å². The average molecular weight is 387 g/mol. The number of nitrogens with zero attached hydrogens (tertiary/aromatic N) is 2. The molecule has 0 spiro atoms. The summed E-state index contributed by atoms with van der Waals surface area (Å²) in [5.74, 6) is 0. The first kappa shape index (κ1) is 15.4. The molecule has 102 valence electrons. The van der Waals surface area contributed by atoms with E-state index in [-0.39, 0.29) is 6.54 Å². The molecule has 1 aromatic rings. The Morgan fingerprint density at radius 3 is 2.50 bits per heavy atom. The van der Waals surface area contributed by atoms with Gasteiger partial charge in [-0.05, 0) is 6.42 Å². The summed E-state index contributed by atoms with van der Waals surface area (Å²) in [6.07, 6.45) is 1.71. The number of aromatic nitrogens is 2. The third-order valence-corrected chi connectivity index (χ3v) is 4.51. The van der Waals surface area contributed by atoms with Crippen LogP contribution in [0.4, 0.5) is 0 Å². The zero-order valence-electron chi connectivity index (χ0n) is 10.0. The van der Waals surface area contributed by atoms with Crippen LogP contribution < -0.4 is 16.0 Å². The SMILES string of the molecule is Cn1cc(S(=O)(=O)NCCCI)c(=O)n(C)c1=O. The predicted octanol–water partition coefficient (Wildman–Crippen LogP) is -0.813. The first-order chi connectivity index (χ1) is 8.31. The molecule has 0 aliphatic rings. The lowest BCUT2D eigenvalue weighted by Gasteiger charge is -2.08. The molecule has 0 radical (unpaired) electrons. The van der Waals surface area contributed by atoms with Gasteiger partial charge in [-0.15, -0.1) is 0 Å². The summed E-state index contributed by atoms with van der Waals surface area (Å²) in [4.78, 5) is 22.8. The van der Waals surface area contributed by atoms with Gasteiger partial charge in [0.25, 0.3) is 5.56 Å². The lowest BCUT2D eigenvalue weighted by Crippen LogP contribution is -2.41. The van der Waals surface area contributed by atoms with Crippen molar-refractivity contribution in [2.45, 2.75) is 11.3 Å². The molecule has 0 fully saturated rings. The molecule has 7 nitrogen and oxygen atoms in total. The van der Waals surface area contributed by atoms with Crippen LogP contribution >= 0.6 is 22.6 Å². The molecule has 1 aromatic heterocycles. The Hall–Kier alpha value is -0.680. The standard InChI is InChI=1S/C9H14IN3O4S/c1-12-6-7(8(14)13(2)9(12)15)18(16,17)11-5-3-4-10/h6,11H,3-5H2,1-2H3. The van der Waals surface area contributed by atoms with Crippen LogP contribution in [0.25, 0.3) is 0 Å². The van der Waals surface area contributed by atoms with Crippen molar-refractivity contribution in [1.82, 2.24) is 13.9 Å². The Labute approximate surface area is 118 Å². The molecule has 0 unspecified atom stereocenters. The number of hydrogen-bond donors (Lipinski definition) is 1. The number of nitrogens with one attached hydrogen (secondary N) is 1. The number of aryl methyl sites for hydroxylation is 1. The highest BCUT2D eigenvalue weighted by atomic mass is 127. The van der Waals surface area contributed by atoms with E-state index in [0.717, 1.165) is 19.8 Å². The first-order valence-corrected chi connectivity index (χ1v) is 8.14. The zero-order valence-corrected chi connectivity index (χ0v) is 13.0. The van der Waals surface area contributed by atoms with Crippen molar-refractivity contribution in [2.24, 2.45) is 14.1 Å². The Balaban J connectivity index is 3.26. The van der Waals surface area contributed by atoms with Gasteiger partial charge in [-0.25, -0.2) is 17.9 Å². The van der Waals surface area contributed by atoms with E-state index >= 15 is 0 Å². The van der Waals surface area contributed by atoms with Crippen molar-refractivity contribution in [1.29, 1.82) is 0 Å². The van der Waals surface area contributed by atoms with Crippen molar-refractivity contribution >= 4 is 32.6 Å². The third kappa shape index (κ3) is 3.20. The predicted molar refractivity (Wildman–Crippen MR) is 75.6 cm³/mol. The Morgan fingerprint density at radius 2 is 1.94 bits per heavy atom. The monoisotopic (exact) mass is 387 g/mol. The highest BCUT2D eigenvalue weighted by molar-refractivity contribution is 14.1. The fourth-order valence-corrected chi connectivity index (χ4v) is 2.92. The van der Waals surface area contributed by atoms with E-state index < -0.39 is 26.2 Å². The van der Waals surface area contributed by atoms with Crippen LogP contribution in [0, 0.1) is 0 Å². The third-order valence-electron chi connectivity index (χ3n) is 2.31. The smallest absolute Gasteiger partial charge is 0.302 e. The van der Waals surface area contributed by atoms with Gasteiger partial charge in [0.2, 0.25) is 10.0 Å². The summed E-state index contributed by atoms with van der Waals surface area (Å²) in [7, 11) is -1.23. The van der Waals surface area contributed by atoms with E-state index in [0.29, 0.717) is 6.42 Å². The molecule has 9 heteroatoms. The van der Waals surface area contributed by atoms with Crippen LogP contribution in [0.3, 0.4) is 0 Å². The van der Waals surface area contributed by atoms with Crippen LogP contribution in [0.5, 0.6) is 0 Å². The fraction of sp³-hybridized carbons (Fsp3) is 0.556. The summed E-state index contributed by atoms with van der Waals surface area (Å²) < 4.78 is 28.8. The highest BCUT2D eigenvalue weighted by Crippen LogP contribution is 2.00. The minimum absolute atomic E-state index is 0.261. The van der Waals surface area contributed by atoms with Crippen LogP contribution in [0.2, 0.25) is 0 Å². The molecule has 0 atom stereocenters. The summed E-state index contributed by atoms with van der Waals surface area (Å²) in [5, 5.41) is 0. The maximum Gasteiger partial charge on any atom is 0.330 e. The maximum absolute atomic E-state index is 11.9. The molecule has 1 rings (SSSR count). The van der Waals surface area contributed by atoms with E-state index in [2.05, 4.69) is 27.3 Å². The van der Waals surface area contributed by atoms with Gasteiger partial charge in [-0.3, -0.25) is 9.36 Å². The zero-order chi connectivity index (χ0) is 13.9. The van der Waals surface area contributed by atoms with Crippen molar-refractivity contribution in [3.8, 4) is 0 Å². The molecule has 18 heavy (non-hydrogen) atoms. The first-order valence-electron chi connectivity index (χ1n) is 5.13. The van der Waals surface area contributed by atoms with Gasteiger partial charge in [-0.2, -0.15) is 0 Å². The van der Waals surface area contributed by atoms with Crippen molar-refractivity contribution < 1.29 is 8.42 Å². The number of alkyl halides is 1. The lowest BCUT2D eigenvalue weighted by atomic mass is 10.5. The average Bonchev–Trinajstić information content (AvgIpc) is 2.31. The van der Waals surface area contributed by atoms with E-state index in [1.54, 1.807) is 0 Å². The Bertz CT molecular complexity index is 647. The van der Waals surface area contributed by atoms with Gasteiger partial charge in [-0.1, -0.05) is 22.6 Å². The number of hydrogen-bond acceptors (Lipinski definition) is 4. The van der Waals surface area contributed by atoms with Crippen LogP contribution in [-0.4, -0.2) is 28.5 Å². The lowest BCUT2D eigenvalue weighted by molar-refractivity contribution is 0.570. The second kappa shape index (κ2) is 5.97. The fourth-order valence-electron chi connectivity index (χ4n) is 1.31. The molecular formula is C9H14IN3O4S.